The molecular formula is C42H39F4N7O7S. The lowest BCUT2D eigenvalue weighted by Crippen LogP contribution is -2.50. The number of H-pyrrole nitrogens is 1. The highest BCUT2D eigenvalue weighted by atomic mass is 32.2. The quantitative estimate of drug-likeness (QED) is 0.0933. The van der Waals surface area contributed by atoms with Gasteiger partial charge < -0.3 is 25.5 Å². The molecule has 0 spiro atoms. The average Bonchev–Trinajstić information content (AvgIpc) is 3.23. The van der Waals surface area contributed by atoms with Crippen molar-refractivity contribution in [3.63, 3.8) is 0 Å². The maximum atomic E-state index is 14.9. The number of carbonyl (C=O) groups excluding carboxylic acids is 3. The third kappa shape index (κ3) is 10.4. The molecule has 1 fully saturated rings. The Morgan fingerprint density at radius 3 is 2.25 bits per heavy atom. The Morgan fingerprint density at radius 1 is 0.918 bits per heavy atom. The van der Waals surface area contributed by atoms with Crippen molar-refractivity contribution < 1.29 is 45.5 Å². The van der Waals surface area contributed by atoms with Gasteiger partial charge in [0.2, 0.25) is 5.91 Å². The second-order valence-corrected chi connectivity index (χ2v) is 16.6. The number of nitrogens with zero attached hydrogens (tertiary/aromatic N) is 4. The van der Waals surface area contributed by atoms with Crippen LogP contribution in [0.5, 0.6) is 0 Å². The first-order valence-electron chi connectivity index (χ1n) is 18.9. The number of carbonyl (C=O) groups is 3. The van der Waals surface area contributed by atoms with Crippen molar-refractivity contribution in [2.75, 3.05) is 49.1 Å². The van der Waals surface area contributed by atoms with Gasteiger partial charge in [0.25, 0.3) is 17.4 Å². The molecule has 1 aliphatic rings. The largest absolute Gasteiger partial charge is 0.417 e. The van der Waals surface area contributed by atoms with Gasteiger partial charge in [-0.1, -0.05) is 24.3 Å². The fraction of sp³-hybridized carbons (Fsp3) is 0.286. The molecule has 1 aliphatic heterocycles. The Morgan fingerprint density at radius 2 is 1.57 bits per heavy atom. The third-order valence-corrected chi connectivity index (χ3v) is 12.0. The zero-order valence-corrected chi connectivity index (χ0v) is 33.4. The zero-order valence-electron chi connectivity index (χ0n) is 32.6. The summed E-state index contributed by atoms with van der Waals surface area (Å²) in [6, 6.07) is 20.4. The molecule has 19 heteroatoms. The highest BCUT2D eigenvalue weighted by Crippen LogP contribution is 2.34. The number of amides is 3. The first-order chi connectivity index (χ1) is 28.9. The Kier molecular flexibility index (Phi) is 12.9. The number of hydrogen-bond donors (Lipinski definition) is 4. The predicted octanol–water partition coefficient (Wildman–Crippen LogP) is 4.88. The van der Waals surface area contributed by atoms with E-state index >= 15 is 0 Å². The van der Waals surface area contributed by atoms with Crippen LogP contribution < -0.4 is 16.2 Å². The molecule has 4 N–H and O–H groups in total. The maximum absolute atomic E-state index is 14.9. The monoisotopic (exact) mass is 861 g/mol. The summed E-state index contributed by atoms with van der Waals surface area (Å²) in [6.45, 7) is 2.17. The molecule has 318 valence electrons. The van der Waals surface area contributed by atoms with Gasteiger partial charge in [-0.25, -0.2) is 17.9 Å². The van der Waals surface area contributed by atoms with Crippen LogP contribution in [0.3, 0.4) is 0 Å². The van der Waals surface area contributed by atoms with E-state index in [1.54, 1.807) is 35.2 Å². The summed E-state index contributed by atoms with van der Waals surface area (Å²) in [5.41, 5.74) is -3.65. The molecule has 2 heterocycles. The van der Waals surface area contributed by atoms with Crippen LogP contribution in [-0.4, -0.2) is 95.3 Å². The van der Waals surface area contributed by atoms with Crippen LogP contribution in [-0.2, 0) is 32.0 Å². The maximum Gasteiger partial charge on any atom is 0.417 e. The van der Waals surface area contributed by atoms with Gasteiger partial charge >= 0.3 is 6.18 Å². The molecule has 0 saturated carbocycles. The number of fused-ring (bicyclic) bond motifs is 1. The highest BCUT2D eigenvalue weighted by molar-refractivity contribution is 7.91. The van der Waals surface area contributed by atoms with Crippen LogP contribution >= 0.6 is 0 Å². The molecule has 1 unspecified atom stereocenters. The predicted molar refractivity (Wildman–Crippen MR) is 216 cm³/mol. The van der Waals surface area contributed by atoms with Gasteiger partial charge in [0, 0.05) is 62.3 Å². The van der Waals surface area contributed by atoms with E-state index in [-0.39, 0.29) is 60.9 Å². The molecule has 0 aliphatic carbocycles. The number of rotatable bonds is 13. The van der Waals surface area contributed by atoms with Crippen molar-refractivity contribution in [3.05, 3.63) is 129 Å². The van der Waals surface area contributed by atoms with Gasteiger partial charge in [0.15, 0.2) is 15.4 Å². The van der Waals surface area contributed by atoms with Crippen molar-refractivity contribution in [1.29, 1.82) is 5.26 Å². The smallest absolute Gasteiger partial charge is 0.385 e. The molecule has 14 nitrogen and oxygen atoms in total. The summed E-state index contributed by atoms with van der Waals surface area (Å²) >= 11 is 0. The van der Waals surface area contributed by atoms with Crippen molar-refractivity contribution in [3.8, 4) is 6.07 Å². The van der Waals surface area contributed by atoms with Crippen LogP contribution in [0.25, 0.3) is 10.8 Å². The minimum Gasteiger partial charge on any atom is -0.385 e. The van der Waals surface area contributed by atoms with E-state index in [0.29, 0.717) is 46.7 Å². The van der Waals surface area contributed by atoms with E-state index < -0.39 is 61.8 Å². The lowest BCUT2D eigenvalue weighted by Gasteiger charge is -2.35. The lowest BCUT2D eigenvalue weighted by atomic mass is 10.0. The van der Waals surface area contributed by atoms with Crippen LogP contribution in [0, 0.1) is 17.1 Å². The number of nitrogens with one attached hydrogen (secondary N) is 3. The number of alkyl halides is 3. The van der Waals surface area contributed by atoms with Gasteiger partial charge in [0.1, 0.15) is 5.82 Å². The number of piperazine rings is 1. The van der Waals surface area contributed by atoms with E-state index in [4.69, 9.17) is 5.26 Å². The van der Waals surface area contributed by atoms with Gasteiger partial charge in [-0.05, 0) is 79.6 Å². The Labute approximate surface area is 346 Å². The second-order valence-electron chi connectivity index (χ2n) is 14.6. The standard InChI is InChI=1S/C42H39F4N7O7S/c1-41(58,40(57)49-29-10-9-27(24-47)34(23-29)42(44,45)46)25-61(59,60)30-13-11-28(12-14-30)48-16-4-7-37(54)52-17-19-53(20-18-52)39(56)33-21-26(8-15-35(33)43)22-36-31-5-2-3-6-32(31)38(55)51-50-36/h2-3,5-6,8-15,21,23,48,58H,4,7,16-20,22,25H2,1H3,(H,49,57)(H,51,55). The number of anilines is 2. The first-order valence-corrected chi connectivity index (χ1v) is 20.5. The normalized spacial score (nSPS) is 14.2. The van der Waals surface area contributed by atoms with Gasteiger partial charge in [-0.3, -0.25) is 19.2 Å². The summed E-state index contributed by atoms with van der Waals surface area (Å²) in [6.07, 6.45) is -4.06. The molecule has 4 aromatic carbocycles. The molecule has 6 rings (SSSR count). The number of benzene rings is 4. The minimum atomic E-state index is -4.90. The summed E-state index contributed by atoms with van der Waals surface area (Å²) in [5.74, 6) is -3.69. The number of halogens is 4. The van der Waals surface area contributed by atoms with Crippen molar-refractivity contribution in [1.82, 2.24) is 20.0 Å². The average molecular weight is 862 g/mol. The lowest BCUT2D eigenvalue weighted by molar-refractivity contribution is -0.138. The van der Waals surface area contributed by atoms with Crippen molar-refractivity contribution >= 4 is 49.7 Å². The van der Waals surface area contributed by atoms with E-state index in [1.165, 1.54) is 47.4 Å². The molecule has 1 saturated heterocycles. The Balaban J connectivity index is 0.949. The highest BCUT2D eigenvalue weighted by Gasteiger charge is 2.38. The molecule has 1 aromatic heterocycles. The SMILES string of the molecule is CC(O)(CS(=O)(=O)c1ccc(NCCCC(=O)N2CCN(C(=O)c3cc(Cc4n[nH]c(=O)c5ccccc45)ccc3F)CC2)cc1)C(=O)Nc1ccc(C#N)c(C(F)(F)F)c1. The van der Waals surface area contributed by atoms with Gasteiger partial charge in [-0.2, -0.15) is 23.5 Å². The number of hydrogen-bond acceptors (Lipinski definition) is 10. The summed E-state index contributed by atoms with van der Waals surface area (Å²) in [4.78, 5) is 54.2. The zero-order chi connectivity index (χ0) is 44.1. The van der Waals surface area contributed by atoms with E-state index in [1.807, 2.05) is 0 Å². The van der Waals surface area contributed by atoms with Gasteiger partial charge in [0.05, 0.1) is 44.5 Å². The molecule has 0 bridgehead atoms. The first kappa shape index (κ1) is 43.9. The summed E-state index contributed by atoms with van der Waals surface area (Å²) < 4.78 is 81.1. The molecule has 61 heavy (non-hydrogen) atoms. The van der Waals surface area contributed by atoms with E-state index in [0.717, 1.165) is 19.1 Å². The molecule has 0 radical (unpaired) electrons. The Bertz CT molecular complexity index is 2690. The van der Waals surface area contributed by atoms with Gasteiger partial charge in [-0.15, -0.1) is 0 Å². The molecular weight excluding hydrogens is 823 g/mol. The number of aromatic amines is 1. The van der Waals surface area contributed by atoms with Crippen molar-refractivity contribution in [2.24, 2.45) is 0 Å². The van der Waals surface area contributed by atoms with Crippen molar-refractivity contribution in [2.45, 2.75) is 42.9 Å². The Hall–Kier alpha value is -6.65. The van der Waals surface area contributed by atoms with E-state index in [2.05, 4.69) is 20.8 Å². The van der Waals surface area contributed by atoms with Crippen LogP contribution in [0.2, 0.25) is 0 Å². The van der Waals surface area contributed by atoms with Crippen LogP contribution in [0.15, 0.2) is 94.6 Å². The molecule has 3 amide bonds. The summed E-state index contributed by atoms with van der Waals surface area (Å²) in [5, 5.41) is 32.6. The number of nitriles is 1. The number of aliphatic hydroxyl groups is 1. The van der Waals surface area contributed by atoms with E-state index in [9.17, 15) is 50.3 Å². The molecule has 5 aromatic rings. The second kappa shape index (κ2) is 17.9. The fourth-order valence-electron chi connectivity index (χ4n) is 6.82. The number of aromatic nitrogens is 2. The third-order valence-electron chi connectivity index (χ3n) is 10.1. The minimum absolute atomic E-state index is 0.105. The summed E-state index contributed by atoms with van der Waals surface area (Å²) in [7, 11) is -4.28. The topological polar surface area (TPSA) is 206 Å². The number of sulfone groups is 1. The fourth-order valence-corrected chi connectivity index (χ4v) is 8.41. The van der Waals surface area contributed by atoms with Crippen LogP contribution in [0.4, 0.5) is 28.9 Å². The van der Waals surface area contributed by atoms with Crippen LogP contribution in [0.1, 0.15) is 52.5 Å². The molecule has 1 atom stereocenters.